The van der Waals surface area contributed by atoms with Crippen LogP contribution in [-0.4, -0.2) is 62.2 Å². The van der Waals surface area contributed by atoms with Gasteiger partial charge in [-0.2, -0.15) is 4.80 Å². The first-order valence-electron chi connectivity index (χ1n) is 13.5. The highest BCUT2D eigenvalue weighted by Gasteiger charge is 2.35. The number of nitrogens with zero attached hydrogens (tertiary/aromatic N) is 5. The lowest BCUT2D eigenvalue weighted by atomic mass is 9.94. The van der Waals surface area contributed by atoms with Gasteiger partial charge in [0, 0.05) is 29.8 Å². The summed E-state index contributed by atoms with van der Waals surface area (Å²) in [5.74, 6) is -0.662. The molecule has 1 saturated heterocycles. The molecule has 0 bridgehead atoms. The molecule has 1 aromatic heterocycles. The predicted octanol–water partition coefficient (Wildman–Crippen LogP) is 4.33. The first-order valence-corrected chi connectivity index (χ1v) is 13.8. The fraction of sp³-hybridized carbons (Fsp3) is 0.464. The molecule has 2 fully saturated rings. The van der Waals surface area contributed by atoms with Crippen molar-refractivity contribution in [1.29, 1.82) is 0 Å². The number of rotatable bonds is 9. The molecule has 0 unspecified atom stereocenters. The van der Waals surface area contributed by atoms with Crippen molar-refractivity contribution in [3.8, 4) is 11.4 Å². The number of hydrogen-bond acceptors (Lipinski definition) is 6. The van der Waals surface area contributed by atoms with Crippen LogP contribution in [0.15, 0.2) is 48.5 Å². The van der Waals surface area contributed by atoms with E-state index in [9.17, 15) is 14.0 Å². The number of amides is 2. The lowest BCUT2D eigenvalue weighted by Crippen LogP contribution is -2.50. The van der Waals surface area contributed by atoms with Crippen molar-refractivity contribution in [3.05, 3.63) is 64.9 Å². The van der Waals surface area contributed by atoms with Crippen LogP contribution in [0, 0.1) is 5.82 Å². The van der Waals surface area contributed by atoms with Crippen molar-refractivity contribution in [2.75, 3.05) is 13.2 Å². The zero-order valence-corrected chi connectivity index (χ0v) is 22.4. The molecule has 39 heavy (non-hydrogen) atoms. The Labute approximate surface area is 231 Å². The van der Waals surface area contributed by atoms with Gasteiger partial charge < -0.3 is 15.0 Å². The summed E-state index contributed by atoms with van der Waals surface area (Å²) in [4.78, 5) is 30.4. The largest absolute Gasteiger partial charge is 0.376 e. The summed E-state index contributed by atoms with van der Waals surface area (Å²) in [6.45, 7) is 0.656. The molecule has 2 heterocycles. The van der Waals surface area contributed by atoms with Crippen molar-refractivity contribution in [2.24, 2.45) is 0 Å². The summed E-state index contributed by atoms with van der Waals surface area (Å²) in [5, 5.41) is 16.1. The number of nitrogens with one attached hydrogen (secondary N) is 1. The minimum Gasteiger partial charge on any atom is -0.376 e. The lowest BCUT2D eigenvalue weighted by molar-refractivity contribution is -0.143. The second-order valence-corrected chi connectivity index (χ2v) is 10.6. The smallest absolute Gasteiger partial charge is 0.247 e. The first-order chi connectivity index (χ1) is 19.0. The second-order valence-electron chi connectivity index (χ2n) is 10.1. The van der Waals surface area contributed by atoms with Crippen LogP contribution in [0.25, 0.3) is 11.4 Å². The minimum absolute atomic E-state index is 0.0796. The van der Waals surface area contributed by atoms with Crippen molar-refractivity contribution < 1.29 is 18.7 Å². The number of ether oxygens (including phenoxy) is 1. The molecule has 11 heteroatoms. The van der Waals surface area contributed by atoms with E-state index in [-0.39, 0.29) is 48.7 Å². The molecule has 9 nitrogen and oxygen atoms in total. The average molecular weight is 555 g/mol. The zero-order chi connectivity index (χ0) is 27.2. The number of hydrogen-bond donors (Lipinski definition) is 1. The summed E-state index contributed by atoms with van der Waals surface area (Å²) >= 11 is 6.15. The van der Waals surface area contributed by atoms with Crippen LogP contribution in [-0.2, 0) is 20.9 Å². The van der Waals surface area contributed by atoms with E-state index in [0.29, 0.717) is 22.8 Å². The summed E-state index contributed by atoms with van der Waals surface area (Å²) in [7, 11) is 0. The van der Waals surface area contributed by atoms with Gasteiger partial charge in [0.2, 0.25) is 17.6 Å². The number of carbonyl (C=O) groups excluding carboxylic acids is 2. The maximum absolute atomic E-state index is 13.9. The summed E-state index contributed by atoms with van der Waals surface area (Å²) in [5.41, 5.74) is 1.25. The van der Waals surface area contributed by atoms with Crippen LogP contribution >= 0.6 is 11.6 Å². The standard InChI is InChI=1S/C28H32ClFN6O3/c29-21-12-8-19(9-13-21)26(28(38)31-23-5-2-1-3-6-23)35(17-24-7-4-16-39-24)25(37)18-36-33-27(32-34-36)20-10-14-22(30)15-11-20/h8-15,23-24,26H,1-7,16-18H2,(H,31,38)/t24-,26-/m1/s1. The van der Waals surface area contributed by atoms with Crippen LogP contribution in [0.4, 0.5) is 4.39 Å². The number of aromatic nitrogens is 4. The fourth-order valence-electron chi connectivity index (χ4n) is 5.24. The maximum atomic E-state index is 13.9. The van der Waals surface area contributed by atoms with Gasteiger partial charge in [0.25, 0.3) is 0 Å². The third-order valence-electron chi connectivity index (χ3n) is 7.27. The van der Waals surface area contributed by atoms with Crippen molar-refractivity contribution in [1.82, 2.24) is 30.4 Å². The molecule has 2 amide bonds. The van der Waals surface area contributed by atoms with Crippen LogP contribution in [0.2, 0.25) is 5.02 Å². The molecule has 3 aromatic rings. The second kappa shape index (κ2) is 12.7. The minimum atomic E-state index is -0.874. The molecule has 0 radical (unpaired) electrons. The van der Waals surface area contributed by atoms with Gasteiger partial charge in [-0.25, -0.2) is 4.39 Å². The monoisotopic (exact) mass is 554 g/mol. The molecule has 2 aliphatic rings. The Morgan fingerprint density at radius 3 is 2.49 bits per heavy atom. The number of tetrazole rings is 1. The van der Waals surface area contributed by atoms with Gasteiger partial charge in [0.15, 0.2) is 0 Å². The summed E-state index contributed by atoms with van der Waals surface area (Å²) < 4.78 is 19.2. The van der Waals surface area contributed by atoms with Crippen LogP contribution in [0.3, 0.4) is 0 Å². The Bertz CT molecular complexity index is 1260. The average Bonchev–Trinajstić information content (AvgIpc) is 3.63. The number of benzene rings is 2. The van der Waals surface area contributed by atoms with Gasteiger partial charge >= 0.3 is 0 Å². The van der Waals surface area contributed by atoms with Gasteiger partial charge in [-0.15, -0.1) is 10.2 Å². The molecule has 1 aliphatic heterocycles. The molecule has 2 atom stereocenters. The topological polar surface area (TPSA) is 102 Å². The van der Waals surface area contributed by atoms with E-state index in [1.165, 1.54) is 23.4 Å². The van der Waals surface area contributed by atoms with E-state index in [0.717, 1.165) is 38.5 Å². The van der Waals surface area contributed by atoms with E-state index in [2.05, 4.69) is 20.7 Å². The highest BCUT2D eigenvalue weighted by atomic mass is 35.5. The third-order valence-corrected chi connectivity index (χ3v) is 7.53. The fourth-order valence-corrected chi connectivity index (χ4v) is 5.37. The molecular formula is C28H32ClFN6O3. The van der Waals surface area contributed by atoms with Gasteiger partial charge in [-0.1, -0.05) is 43.0 Å². The molecule has 1 N–H and O–H groups in total. The van der Waals surface area contributed by atoms with Gasteiger partial charge in [-0.3, -0.25) is 9.59 Å². The molecule has 5 rings (SSSR count). The van der Waals surface area contributed by atoms with Gasteiger partial charge in [0.05, 0.1) is 6.10 Å². The summed E-state index contributed by atoms with van der Waals surface area (Å²) in [6.07, 6.45) is 6.69. The lowest BCUT2D eigenvalue weighted by Gasteiger charge is -2.34. The van der Waals surface area contributed by atoms with Crippen LogP contribution < -0.4 is 5.32 Å². The Morgan fingerprint density at radius 1 is 1.05 bits per heavy atom. The Kier molecular flexibility index (Phi) is 8.83. The van der Waals surface area contributed by atoms with Crippen LogP contribution in [0.1, 0.15) is 56.6 Å². The zero-order valence-electron chi connectivity index (χ0n) is 21.6. The summed E-state index contributed by atoms with van der Waals surface area (Å²) in [6, 6.07) is 11.9. The van der Waals surface area contributed by atoms with E-state index < -0.39 is 6.04 Å². The van der Waals surface area contributed by atoms with Crippen LogP contribution in [0.5, 0.6) is 0 Å². The quantitative estimate of drug-likeness (QED) is 0.422. The molecule has 2 aromatic carbocycles. The Morgan fingerprint density at radius 2 is 1.79 bits per heavy atom. The van der Waals surface area contributed by atoms with E-state index in [4.69, 9.17) is 16.3 Å². The van der Waals surface area contributed by atoms with E-state index in [1.807, 2.05) is 0 Å². The van der Waals surface area contributed by atoms with Crippen molar-refractivity contribution in [2.45, 2.75) is 69.7 Å². The highest BCUT2D eigenvalue weighted by Crippen LogP contribution is 2.27. The Hall–Kier alpha value is -3.37. The molecule has 0 spiro atoms. The van der Waals surface area contributed by atoms with E-state index >= 15 is 0 Å². The molecule has 1 aliphatic carbocycles. The predicted molar refractivity (Wildman–Crippen MR) is 143 cm³/mol. The van der Waals surface area contributed by atoms with E-state index in [1.54, 1.807) is 41.3 Å². The normalized spacial score (nSPS) is 18.6. The molecule has 1 saturated carbocycles. The Balaban J connectivity index is 1.41. The SMILES string of the molecule is O=C(NC1CCCCC1)[C@@H](c1ccc(Cl)cc1)N(C[C@H]1CCCO1)C(=O)Cn1nnc(-c2ccc(F)cc2)n1. The van der Waals surface area contributed by atoms with Crippen molar-refractivity contribution in [3.63, 3.8) is 0 Å². The molecular weight excluding hydrogens is 523 g/mol. The van der Waals surface area contributed by atoms with Gasteiger partial charge in [0.1, 0.15) is 18.4 Å². The van der Waals surface area contributed by atoms with Crippen molar-refractivity contribution >= 4 is 23.4 Å². The third kappa shape index (κ3) is 6.99. The first kappa shape index (κ1) is 27.2. The van der Waals surface area contributed by atoms with Gasteiger partial charge in [-0.05, 0) is 72.9 Å². The highest BCUT2D eigenvalue weighted by molar-refractivity contribution is 6.30. The number of halogens is 2. The molecule has 206 valence electrons. The number of carbonyl (C=O) groups is 2. The maximum Gasteiger partial charge on any atom is 0.247 e.